The largest absolute Gasteiger partial charge is 0.300 e. The highest BCUT2D eigenvalue weighted by molar-refractivity contribution is 6.39. The molecule has 0 aliphatic rings. The molecule has 1 aromatic heterocycles. The molecule has 0 saturated heterocycles. The molecule has 0 amide bonds. The Kier molecular flexibility index (Phi) is 2.82. The number of nitrogens with one attached hydrogen (secondary N) is 1. The molecule has 1 N–H and O–H groups in total. The molecule has 0 spiro atoms. The fourth-order valence-corrected chi connectivity index (χ4v) is 2.30. The van der Waals surface area contributed by atoms with E-state index in [4.69, 9.17) is 23.2 Å². The average molecular weight is 257 g/mol. The van der Waals surface area contributed by atoms with Gasteiger partial charge in [-0.05, 0) is 19.1 Å². The molecule has 0 unspecified atom stereocenters. The van der Waals surface area contributed by atoms with E-state index in [9.17, 15) is 4.79 Å². The normalized spacial score (nSPS) is 10.8. The van der Waals surface area contributed by atoms with E-state index < -0.39 is 0 Å². The zero-order valence-electron chi connectivity index (χ0n) is 8.84. The highest BCUT2D eigenvalue weighted by Gasteiger charge is 2.16. The van der Waals surface area contributed by atoms with Crippen molar-refractivity contribution in [2.24, 2.45) is 7.05 Å². The Labute approximate surface area is 103 Å². The molecule has 0 aliphatic carbocycles. The second-order valence-electron chi connectivity index (χ2n) is 3.57. The molecule has 0 radical (unpaired) electrons. The third kappa shape index (κ3) is 1.66. The van der Waals surface area contributed by atoms with Gasteiger partial charge in [-0.15, -0.1) is 0 Å². The SMILES string of the molecule is Cc1[nH]n(C)c(=O)c1-c1c(Cl)cccc1Cl. The highest BCUT2D eigenvalue weighted by Crippen LogP contribution is 2.33. The first-order chi connectivity index (χ1) is 7.52. The lowest BCUT2D eigenvalue weighted by atomic mass is 10.1. The average Bonchev–Trinajstić information content (AvgIpc) is 2.44. The van der Waals surface area contributed by atoms with Gasteiger partial charge < -0.3 is 0 Å². The molecule has 1 aromatic carbocycles. The van der Waals surface area contributed by atoms with E-state index in [1.807, 2.05) is 6.92 Å². The van der Waals surface area contributed by atoms with Crippen LogP contribution in [-0.2, 0) is 7.05 Å². The Morgan fingerprint density at radius 1 is 1.19 bits per heavy atom. The molecule has 0 atom stereocenters. The summed E-state index contributed by atoms with van der Waals surface area (Å²) in [7, 11) is 1.66. The van der Waals surface area contributed by atoms with E-state index >= 15 is 0 Å². The lowest BCUT2D eigenvalue weighted by Gasteiger charge is -2.04. The first kappa shape index (κ1) is 11.3. The minimum atomic E-state index is -0.132. The summed E-state index contributed by atoms with van der Waals surface area (Å²) >= 11 is 12.1. The highest BCUT2D eigenvalue weighted by atomic mass is 35.5. The molecule has 0 bridgehead atoms. The number of rotatable bonds is 1. The monoisotopic (exact) mass is 256 g/mol. The first-order valence-corrected chi connectivity index (χ1v) is 5.48. The maximum absolute atomic E-state index is 11.9. The van der Waals surface area contributed by atoms with Gasteiger partial charge in [0.25, 0.3) is 5.56 Å². The van der Waals surface area contributed by atoms with Gasteiger partial charge in [-0.3, -0.25) is 14.6 Å². The fraction of sp³-hybridized carbons (Fsp3) is 0.182. The summed E-state index contributed by atoms with van der Waals surface area (Å²) in [5, 5.41) is 3.87. The van der Waals surface area contributed by atoms with Crippen molar-refractivity contribution in [3.63, 3.8) is 0 Å². The summed E-state index contributed by atoms with van der Waals surface area (Å²) in [6.45, 7) is 1.82. The van der Waals surface area contributed by atoms with Gasteiger partial charge in [0, 0.05) is 18.3 Å². The van der Waals surface area contributed by atoms with Gasteiger partial charge >= 0.3 is 0 Å². The van der Waals surface area contributed by atoms with Crippen LogP contribution in [0.2, 0.25) is 10.0 Å². The van der Waals surface area contributed by atoms with Crippen LogP contribution in [0.1, 0.15) is 5.69 Å². The number of halogens is 2. The molecule has 0 aliphatic heterocycles. The molecule has 2 aromatic rings. The molecule has 16 heavy (non-hydrogen) atoms. The van der Waals surface area contributed by atoms with Gasteiger partial charge in [0.1, 0.15) is 0 Å². The molecular weight excluding hydrogens is 247 g/mol. The number of aryl methyl sites for hydroxylation is 2. The summed E-state index contributed by atoms with van der Waals surface area (Å²) in [5.74, 6) is 0. The van der Waals surface area contributed by atoms with Crippen molar-refractivity contribution in [2.45, 2.75) is 6.92 Å². The van der Waals surface area contributed by atoms with E-state index in [0.717, 1.165) is 5.69 Å². The van der Waals surface area contributed by atoms with Crippen molar-refractivity contribution in [3.05, 3.63) is 44.3 Å². The van der Waals surface area contributed by atoms with Crippen molar-refractivity contribution >= 4 is 23.2 Å². The standard InChI is InChI=1S/C11H10Cl2N2O/c1-6-9(11(16)15(2)14-6)10-7(12)4-3-5-8(10)13/h3-5,14H,1-2H3. The predicted molar refractivity (Wildman–Crippen MR) is 66.2 cm³/mol. The number of benzene rings is 1. The smallest absolute Gasteiger partial charge is 0.274 e. The zero-order chi connectivity index (χ0) is 11.9. The number of nitrogens with zero attached hydrogens (tertiary/aromatic N) is 1. The summed E-state index contributed by atoms with van der Waals surface area (Å²) < 4.78 is 1.41. The number of H-pyrrole nitrogens is 1. The Morgan fingerprint density at radius 3 is 2.19 bits per heavy atom. The molecular formula is C11H10Cl2N2O. The van der Waals surface area contributed by atoms with Gasteiger partial charge in [0.15, 0.2) is 0 Å². The number of hydrogen-bond acceptors (Lipinski definition) is 1. The van der Waals surface area contributed by atoms with Crippen LogP contribution >= 0.6 is 23.2 Å². The van der Waals surface area contributed by atoms with Crippen molar-refractivity contribution in [1.29, 1.82) is 0 Å². The minimum Gasteiger partial charge on any atom is -0.300 e. The number of aromatic amines is 1. The van der Waals surface area contributed by atoms with Crippen LogP contribution in [0.15, 0.2) is 23.0 Å². The zero-order valence-corrected chi connectivity index (χ0v) is 10.4. The van der Waals surface area contributed by atoms with E-state index in [1.54, 1.807) is 25.2 Å². The van der Waals surface area contributed by atoms with Crippen LogP contribution in [0.5, 0.6) is 0 Å². The van der Waals surface area contributed by atoms with Crippen LogP contribution in [0.25, 0.3) is 11.1 Å². The van der Waals surface area contributed by atoms with Crippen LogP contribution in [0.4, 0.5) is 0 Å². The second kappa shape index (κ2) is 4.00. The quantitative estimate of drug-likeness (QED) is 0.837. The lowest BCUT2D eigenvalue weighted by Crippen LogP contribution is -2.13. The number of hydrogen-bond donors (Lipinski definition) is 1. The Hall–Kier alpha value is -1.19. The molecule has 0 fully saturated rings. The van der Waals surface area contributed by atoms with Gasteiger partial charge in [-0.1, -0.05) is 29.3 Å². The Balaban J connectivity index is 2.82. The lowest BCUT2D eigenvalue weighted by molar-refractivity contribution is 0.731. The molecule has 2 rings (SSSR count). The van der Waals surface area contributed by atoms with Crippen molar-refractivity contribution < 1.29 is 0 Å². The minimum absolute atomic E-state index is 0.132. The molecule has 3 nitrogen and oxygen atoms in total. The van der Waals surface area contributed by atoms with Gasteiger partial charge in [0.2, 0.25) is 0 Å². The van der Waals surface area contributed by atoms with Crippen LogP contribution < -0.4 is 5.56 Å². The summed E-state index contributed by atoms with van der Waals surface area (Å²) in [4.78, 5) is 11.9. The Bertz CT molecular complexity index is 578. The summed E-state index contributed by atoms with van der Waals surface area (Å²) in [5.41, 5.74) is 1.73. The van der Waals surface area contributed by atoms with Gasteiger partial charge in [0.05, 0.1) is 15.6 Å². The summed E-state index contributed by atoms with van der Waals surface area (Å²) in [6, 6.07) is 5.18. The second-order valence-corrected chi connectivity index (χ2v) is 4.39. The predicted octanol–water partition coefficient (Wildman–Crippen LogP) is 3.00. The topological polar surface area (TPSA) is 37.8 Å². The first-order valence-electron chi connectivity index (χ1n) is 4.72. The van der Waals surface area contributed by atoms with E-state index in [2.05, 4.69) is 5.10 Å². The van der Waals surface area contributed by atoms with Crippen LogP contribution in [-0.4, -0.2) is 9.78 Å². The third-order valence-electron chi connectivity index (χ3n) is 2.44. The van der Waals surface area contributed by atoms with E-state index in [-0.39, 0.29) is 5.56 Å². The number of aromatic nitrogens is 2. The van der Waals surface area contributed by atoms with Crippen LogP contribution in [0.3, 0.4) is 0 Å². The van der Waals surface area contributed by atoms with E-state index in [0.29, 0.717) is 21.2 Å². The molecule has 0 saturated carbocycles. The summed E-state index contributed by atoms with van der Waals surface area (Å²) in [6.07, 6.45) is 0. The van der Waals surface area contributed by atoms with Crippen molar-refractivity contribution in [2.75, 3.05) is 0 Å². The van der Waals surface area contributed by atoms with Gasteiger partial charge in [-0.25, -0.2) is 0 Å². The maximum Gasteiger partial charge on any atom is 0.274 e. The Morgan fingerprint density at radius 2 is 1.75 bits per heavy atom. The molecule has 84 valence electrons. The van der Waals surface area contributed by atoms with Crippen molar-refractivity contribution in [3.8, 4) is 11.1 Å². The maximum atomic E-state index is 11.9. The van der Waals surface area contributed by atoms with Crippen molar-refractivity contribution in [1.82, 2.24) is 9.78 Å². The third-order valence-corrected chi connectivity index (χ3v) is 3.07. The van der Waals surface area contributed by atoms with Crippen LogP contribution in [0, 0.1) is 6.92 Å². The molecule has 1 heterocycles. The van der Waals surface area contributed by atoms with E-state index in [1.165, 1.54) is 4.68 Å². The fourth-order valence-electron chi connectivity index (χ4n) is 1.72. The molecule has 5 heteroatoms. The van der Waals surface area contributed by atoms with Gasteiger partial charge in [-0.2, -0.15) is 0 Å².